The molecule has 0 aliphatic carbocycles. The van der Waals surface area contributed by atoms with E-state index in [1.165, 1.54) is 0 Å². The number of hydrogen-bond acceptors (Lipinski definition) is 3. The van der Waals surface area contributed by atoms with E-state index in [9.17, 15) is 4.79 Å². The van der Waals surface area contributed by atoms with Crippen molar-refractivity contribution in [2.24, 2.45) is 11.8 Å². The number of nitriles is 1. The van der Waals surface area contributed by atoms with Crippen LogP contribution in [0.2, 0.25) is 0 Å². The van der Waals surface area contributed by atoms with Crippen LogP contribution in [0, 0.1) is 23.2 Å². The molecule has 4 nitrogen and oxygen atoms in total. The fourth-order valence-electron chi connectivity index (χ4n) is 1.46. The van der Waals surface area contributed by atoms with Gasteiger partial charge in [0.25, 0.3) is 0 Å². The Morgan fingerprint density at radius 1 is 1.35 bits per heavy atom. The molecule has 17 heavy (non-hydrogen) atoms. The Bertz CT molecular complexity index is 270. The summed E-state index contributed by atoms with van der Waals surface area (Å²) in [6.07, 6.45) is 0.997. The van der Waals surface area contributed by atoms with Crippen LogP contribution in [0.25, 0.3) is 0 Å². The number of hydrogen-bond donors (Lipinski definition) is 1. The molecule has 1 N–H and O–H groups in total. The summed E-state index contributed by atoms with van der Waals surface area (Å²) in [6.45, 7) is 9.35. The van der Waals surface area contributed by atoms with Crippen LogP contribution < -0.4 is 5.32 Å². The molecule has 0 heterocycles. The quantitative estimate of drug-likeness (QED) is 0.734. The largest absolute Gasteiger partial charge is 0.355 e. The minimum absolute atomic E-state index is 0.0401. The summed E-state index contributed by atoms with van der Waals surface area (Å²) in [5, 5.41) is 11.7. The van der Waals surface area contributed by atoms with Gasteiger partial charge in [0.05, 0.1) is 18.0 Å². The summed E-state index contributed by atoms with van der Waals surface area (Å²) in [4.78, 5) is 13.7. The number of carbonyl (C=O) groups excluding carboxylic acids is 1. The van der Waals surface area contributed by atoms with E-state index >= 15 is 0 Å². The summed E-state index contributed by atoms with van der Waals surface area (Å²) < 4.78 is 0. The highest BCUT2D eigenvalue weighted by Crippen LogP contribution is 2.02. The molecule has 0 radical (unpaired) electrons. The molecule has 1 amide bonds. The summed E-state index contributed by atoms with van der Waals surface area (Å²) in [5.41, 5.74) is 0. The highest BCUT2D eigenvalue weighted by Gasteiger charge is 2.18. The van der Waals surface area contributed by atoms with Crippen LogP contribution in [0.5, 0.6) is 0 Å². The number of nitrogens with zero attached hydrogens (tertiary/aromatic N) is 2. The van der Waals surface area contributed by atoms with Gasteiger partial charge in [-0.3, -0.25) is 9.69 Å². The second-order valence-electron chi connectivity index (χ2n) is 5.12. The lowest BCUT2D eigenvalue weighted by Crippen LogP contribution is -2.44. The van der Waals surface area contributed by atoms with E-state index < -0.39 is 0 Å². The normalized spacial score (nSPS) is 14.5. The van der Waals surface area contributed by atoms with Crippen LogP contribution in [-0.2, 0) is 4.79 Å². The number of likely N-dealkylation sites (N-methyl/N-ethyl adjacent to an activating group) is 1. The summed E-state index contributed by atoms with van der Waals surface area (Å²) in [5.74, 6) is 0.589. The molecule has 0 aliphatic heterocycles. The molecule has 98 valence electrons. The highest BCUT2D eigenvalue weighted by molar-refractivity contribution is 5.81. The zero-order valence-corrected chi connectivity index (χ0v) is 11.7. The molecule has 0 saturated carbocycles. The van der Waals surface area contributed by atoms with E-state index in [0.29, 0.717) is 12.5 Å². The molecular formula is C13H25N3O. The SMILES string of the molecule is CC(C)CCNC(=O)C(C)N(C)CC(C)C#N. The molecule has 0 saturated heterocycles. The molecule has 2 unspecified atom stereocenters. The van der Waals surface area contributed by atoms with Crippen LogP contribution >= 0.6 is 0 Å². The van der Waals surface area contributed by atoms with Crippen LogP contribution in [0.3, 0.4) is 0 Å². The molecule has 0 aromatic rings. The molecule has 2 atom stereocenters. The van der Waals surface area contributed by atoms with Gasteiger partial charge in [-0.15, -0.1) is 0 Å². The Morgan fingerprint density at radius 3 is 2.41 bits per heavy atom. The topological polar surface area (TPSA) is 56.1 Å². The Morgan fingerprint density at radius 2 is 1.94 bits per heavy atom. The van der Waals surface area contributed by atoms with Crippen molar-refractivity contribution in [2.45, 2.75) is 40.2 Å². The van der Waals surface area contributed by atoms with Gasteiger partial charge in [-0.25, -0.2) is 0 Å². The first-order valence-electron chi connectivity index (χ1n) is 6.26. The van der Waals surface area contributed by atoms with Crippen LogP contribution in [0.15, 0.2) is 0 Å². The van der Waals surface area contributed by atoms with Crippen LogP contribution in [-0.4, -0.2) is 37.0 Å². The van der Waals surface area contributed by atoms with Gasteiger partial charge in [-0.1, -0.05) is 13.8 Å². The van der Waals surface area contributed by atoms with Gasteiger partial charge in [-0.2, -0.15) is 5.26 Å². The third-order valence-corrected chi connectivity index (χ3v) is 2.84. The standard InChI is InChI=1S/C13H25N3O/c1-10(2)6-7-15-13(17)12(4)16(5)9-11(3)8-14/h10-12H,6-7,9H2,1-5H3,(H,15,17). The monoisotopic (exact) mass is 239 g/mol. The van der Waals surface area contributed by atoms with Crippen molar-refractivity contribution in [3.05, 3.63) is 0 Å². The van der Waals surface area contributed by atoms with Gasteiger partial charge in [0.2, 0.25) is 5.91 Å². The zero-order chi connectivity index (χ0) is 13.4. The number of amides is 1. The van der Waals surface area contributed by atoms with Crippen LogP contribution in [0.4, 0.5) is 0 Å². The molecule has 0 aromatic heterocycles. The van der Waals surface area contributed by atoms with Gasteiger partial charge < -0.3 is 5.32 Å². The van der Waals surface area contributed by atoms with E-state index in [-0.39, 0.29) is 17.9 Å². The van der Waals surface area contributed by atoms with Crippen molar-refractivity contribution >= 4 is 5.91 Å². The van der Waals surface area contributed by atoms with Gasteiger partial charge in [0, 0.05) is 13.1 Å². The third-order valence-electron chi connectivity index (χ3n) is 2.84. The lowest BCUT2D eigenvalue weighted by molar-refractivity contribution is -0.125. The lowest BCUT2D eigenvalue weighted by atomic mass is 10.1. The number of rotatable bonds is 7. The molecule has 0 fully saturated rings. The molecule has 0 bridgehead atoms. The lowest BCUT2D eigenvalue weighted by Gasteiger charge is -2.24. The first-order valence-corrected chi connectivity index (χ1v) is 6.26. The van der Waals surface area contributed by atoms with Gasteiger partial charge in [0.1, 0.15) is 0 Å². The Kier molecular flexibility index (Phi) is 7.56. The first kappa shape index (κ1) is 15.9. The Balaban J connectivity index is 3.99. The van der Waals surface area contributed by atoms with Crippen molar-refractivity contribution in [1.29, 1.82) is 5.26 Å². The maximum Gasteiger partial charge on any atom is 0.237 e. The fourth-order valence-corrected chi connectivity index (χ4v) is 1.46. The summed E-state index contributed by atoms with van der Waals surface area (Å²) in [6, 6.07) is 1.99. The first-order chi connectivity index (χ1) is 7.88. The number of nitrogens with one attached hydrogen (secondary N) is 1. The van der Waals surface area contributed by atoms with Crippen molar-refractivity contribution in [1.82, 2.24) is 10.2 Å². The van der Waals surface area contributed by atoms with E-state index in [1.54, 1.807) is 0 Å². The summed E-state index contributed by atoms with van der Waals surface area (Å²) in [7, 11) is 1.88. The minimum Gasteiger partial charge on any atom is -0.355 e. The van der Waals surface area contributed by atoms with Crippen molar-refractivity contribution in [3.63, 3.8) is 0 Å². The summed E-state index contributed by atoms with van der Waals surface area (Å²) >= 11 is 0. The fraction of sp³-hybridized carbons (Fsp3) is 0.846. The van der Waals surface area contributed by atoms with Crippen LogP contribution in [0.1, 0.15) is 34.1 Å². The second kappa shape index (κ2) is 8.08. The van der Waals surface area contributed by atoms with Crippen molar-refractivity contribution < 1.29 is 4.79 Å². The highest BCUT2D eigenvalue weighted by atomic mass is 16.2. The Hall–Kier alpha value is -1.08. The Labute approximate surface area is 105 Å². The van der Waals surface area contributed by atoms with E-state index in [0.717, 1.165) is 13.0 Å². The molecular weight excluding hydrogens is 214 g/mol. The van der Waals surface area contributed by atoms with Gasteiger partial charge in [-0.05, 0) is 33.2 Å². The average molecular weight is 239 g/mol. The van der Waals surface area contributed by atoms with E-state index in [4.69, 9.17) is 5.26 Å². The second-order valence-corrected chi connectivity index (χ2v) is 5.12. The predicted octanol–water partition coefficient (Wildman–Crippen LogP) is 1.63. The minimum atomic E-state index is -0.182. The van der Waals surface area contributed by atoms with E-state index in [1.807, 2.05) is 25.8 Å². The van der Waals surface area contributed by atoms with E-state index in [2.05, 4.69) is 25.2 Å². The molecule has 0 spiro atoms. The van der Waals surface area contributed by atoms with Crippen molar-refractivity contribution in [3.8, 4) is 6.07 Å². The third kappa shape index (κ3) is 6.96. The molecule has 0 aliphatic rings. The van der Waals surface area contributed by atoms with Crippen molar-refractivity contribution in [2.75, 3.05) is 20.1 Å². The maximum atomic E-state index is 11.8. The maximum absolute atomic E-state index is 11.8. The smallest absolute Gasteiger partial charge is 0.237 e. The zero-order valence-electron chi connectivity index (χ0n) is 11.7. The van der Waals surface area contributed by atoms with Gasteiger partial charge in [0.15, 0.2) is 0 Å². The molecule has 0 aromatic carbocycles. The predicted molar refractivity (Wildman–Crippen MR) is 69.3 cm³/mol. The molecule has 0 rings (SSSR count). The number of carbonyl (C=O) groups is 1. The average Bonchev–Trinajstić information content (AvgIpc) is 2.26. The molecule has 4 heteroatoms. The van der Waals surface area contributed by atoms with Gasteiger partial charge >= 0.3 is 0 Å².